The Bertz CT molecular complexity index is 614. The van der Waals surface area contributed by atoms with Gasteiger partial charge in [-0.3, -0.25) is 0 Å². The van der Waals surface area contributed by atoms with Crippen molar-refractivity contribution >= 4 is 27.6 Å². The molecule has 0 saturated carbocycles. The van der Waals surface area contributed by atoms with Gasteiger partial charge < -0.3 is 10.1 Å². The molecule has 2 rings (SSSR count). The van der Waals surface area contributed by atoms with Crippen molar-refractivity contribution in [2.24, 2.45) is 0 Å². The van der Waals surface area contributed by atoms with Crippen LogP contribution in [0.5, 0.6) is 0 Å². The molecule has 2 aromatic rings. The molecular formula is C15H13BrFNO2. The van der Waals surface area contributed by atoms with Gasteiger partial charge >= 0.3 is 5.97 Å². The number of ether oxygens (including phenoxy) is 1. The van der Waals surface area contributed by atoms with Crippen LogP contribution in [0.4, 0.5) is 10.1 Å². The van der Waals surface area contributed by atoms with Gasteiger partial charge in [0.15, 0.2) is 0 Å². The Balaban J connectivity index is 2.05. The second-order valence-electron chi connectivity index (χ2n) is 4.17. The fraction of sp³-hybridized carbons (Fsp3) is 0.133. The van der Waals surface area contributed by atoms with Gasteiger partial charge in [0.2, 0.25) is 0 Å². The van der Waals surface area contributed by atoms with E-state index in [9.17, 15) is 9.18 Å². The average Bonchev–Trinajstić information content (AvgIpc) is 2.46. The van der Waals surface area contributed by atoms with E-state index in [1.165, 1.54) is 19.2 Å². The lowest BCUT2D eigenvalue weighted by molar-refractivity contribution is 0.0599. The number of hydrogen-bond acceptors (Lipinski definition) is 3. The molecule has 0 amide bonds. The largest absolute Gasteiger partial charge is 0.465 e. The maximum atomic E-state index is 12.8. The van der Waals surface area contributed by atoms with Crippen LogP contribution in [-0.2, 0) is 11.3 Å². The topological polar surface area (TPSA) is 38.3 Å². The summed E-state index contributed by atoms with van der Waals surface area (Å²) < 4.78 is 18.1. The minimum Gasteiger partial charge on any atom is -0.465 e. The van der Waals surface area contributed by atoms with Gasteiger partial charge in [-0.1, -0.05) is 12.1 Å². The zero-order valence-electron chi connectivity index (χ0n) is 10.8. The van der Waals surface area contributed by atoms with Crippen LogP contribution in [0, 0.1) is 5.82 Å². The highest BCUT2D eigenvalue weighted by molar-refractivity contribution is 9.10. The van der Waals surface area contributed by atoms with Crippen molar-refractivity contribution in [2.75, 3.05) is 12.4 Å². The van der Waals surface area contributed by atoms with Crippen molar-refractivity contribution in [3.05, 3.63) is 63.9 Å². The predicted molar refractivity (Wildman–Crippen MR) is 79.2 cm³/mol. The number of nitrogens with one attached hydrogen (secondary N) is 1. The van der Waals surface area contributed by atoms with E-state index < -0.39 is 0 Å². The molecule has 0 unspecified atom stereocenters. The number of halogens is 2. The lowest BCUT2D eigenvalue weighted by atomic mass is 10.2. The van der Waals surface area contributed by atoms with Crippen LogP contribution in [0.1, 0.15) is 15.9 Å². The molecule has 0 heterocycles. The van der Waals surface area contributed by atoms with Crippen LogP contribution in [0.2, 0.25) is 0 Å². The molecule has 0 fully saturated rings. The Labute approximate surface area is 124 Å². The summed E-state index contributed by atoms with van der Waals surface area (Å²) in [6.07, 6.45) is 0. The van der Waals surface area contributed by atoms with Crippen LogP contribution in [0.3, 0.4) is 0 Å². The summed E-state index contributed by atoms with van der Waals surface area (Å²) in [5.41, 5.74) is 2.30. The normalized spacial score (nSPS) is 10.2. The maximum absolute atomic E-state index is 12.8. The summed E-state index contributed by atoms with van der Waals surface area (Å²) in [6.45, 7) is 0.574. The summed E-state index contributed by atoms with van der Waals surface area (Å²) in [6, 6.07) is 11.6. The standard InChI is InChI=1S/C15H13BrFNO2/c1-20-15(19)13-7-6-12(8-14(13)16)18-9-10-2-4-11(17)5-3-10/h2-8,18H,9H2,1H3. The second kappa shape index (κ2) is 6.52. The summed E-state index contributed by atoms with van der Waals surface area (Å²) >= 11 is 3.33. The molecule has 3 nitrogen and oxygen atoms in total. The Kier molecular flexibility index (Phi) is 4.74. The Morgan fingerprint density at radius 2 is 1.95 bits per heavy atom. The molecule has 104 valence electrons. The molecule has 5 heteroatoms. The van der Waals surface area contributed by atoms with E-state index in [1.54, 1.807) is 30.3 Å². The highest BCUT2D eigenvalue weighted by Crippen LogP contribution is 2.22. The van der Waals surface area contributed by atoms with Gasteiger partial charge in [-0.05, 0) is 51.8 Å². The number of rotatable bonds is 4. The Morgan fingerprint density at radius 1 is 1.25 bits per heavy atom. The molecule has 0 radical (unpaired) electrons. The zero-order chi connectivity index (χ0) is 14.5. The first kappa shape index (κ1) is 14.5. The Morgan fingerprint density at radius 3 is 2.55 bits per heavy atom. The van der Waals surface area contributed by atoms with Crippen molar-refractivity contribution in [1.82, 2.24) is 0 Å². The van der Waals surface area contributed by atoms with Gasteiger partial charge in [-0.25, -0.2) is 9.18 Å². The van der Waals surface area contributed by atoms with Gasteiger partial charge in [0, 0.05) is 16.7 Å². The van der Waals surface area contributed by atoms with Crippen LogP contribution in [0.25, 0.3) is 0 Å². The van der Waals surface area contributed by atoms with Crippen molar-refractivity contribution in [3.8, 4) is 0 Å². The van der Waals surface area contributed by atoms with E-state index in [-0.39, 0.29) is 11.8 Å². The number of benzene rings is 2. The van der Waals surface area contributed by atoms with Crippen molar-refractivity contribution < 1.29 is 13.9 Å². The fourth-order valence-electron chi connectivity index (χ4n) is 1.71. The molecule has 1 N–H and O–H groups in total. The highest BCUT2D eigenvalue weighted by Gasteiger charge is 2.10. The van der Waals surface area contributed by atoms with E-state index in [1.807, 2.05) is 0 Å². The first-order valence-electron chi connectivity index (χ1n) is 5.96. The van der Waals surface area contributed by atoms with Crippen LogP contribution in [-0.4, -0.2) is 13.1 Å². The Hall–Kier alpha value is -1.88. The molecule has 0 spiro atoms. The van der Waals surface area contributed by atoms with Gasteiger partial charge in [0.1, 0.15) is 5.82 Å². The lowest BCUT2D eigenvalue weighted by Gasteiger charge is -2.09. The average molecular weight is 338 g/mol. The molecule has 2 aromatic carbocycles. The minimum absolute atomic E-state index is 0.251. The molecular weight excluding hydrogens is 325 g/mol. The van der Waals surface area contributed by atoms with Gasteiger partial charge in [-0.15, -0.1) is 0 Å². The quantitative estimate of drug-likeness (QED) is 0.857. The minimum atomic E-state index is -0.387. The molecule has 20 heavy (non-hydrogen) atoms. The summed E-state index contributed by atoms with van der Waals surface area (Å²) in [7, 11) is 1.34. The first-order valence-corrected chi connectivity index (χ1v) is 6.75. The molecule has 0 aromatic heterocycles. The molecule has 0 saturated heterocycles. The molecule has 0 aliphatic carbocycles. The lowest BCUT2D eigenvalue weighted by Crippen LogP contribution is -2.04. The second-order valence-corrected chi connectivity index (χ2v) is 5.02. The first-order chi connectivity index (χ1) is 9.60. The number of carbonyl (C=O) groups excluding carboxylic acids is 1. The third-order valence-electron chi connectivity index (χ3n) is 2.78. The van der Waals surface area contributed by atoms with Crippen molar-refractivity contribution in [2.45, 2.75) is 6.54 Å². The van der Waals surface area contributed by atoms with Crippen LogP contribution in [0.15, 0.2) is 46.9 Å². The predicted octanol–water partition coefficient (Wildman–Crippen LogP) is 3.99. The number of anilines is 1. The maximum Gasteiger partial charge on any atom is 0.339 e. The molecule has 0 aliphatic rings. The third kappa shape index (κ3) is 3.57. The summed E-state index contributed by atoms with van der Waals surface area (Å²) in [5, 5.41) is 3.20. The van der Waals surface area contributed by atoms with E-state index >= 15 is 0 Å². The van der Waals surface area contributed by atoms with E-state index in [4.69, 9.17) is 0 Å². The van der Waals surface area contributed by atoms with E-state index in [0.29, 0.717) is 16.6 Å². The highest BCUT2D eigenvalue weighted by atomic mass is 79.9. The number of esters is 1. The van der Waals surface area contributed by atoms with Gasteiger partial charge in [0.05, 0.1) is 12.7 Å². The van der Waals surface area contributed by atoms with Gasteiger partial charge in [-0.2, -0.15) is 0 Å². The van der Waals surface area contributed by atoms with E-state index in [2.05, 4.69) is 26.0 Å². The smallest absolute Gasteiger partial charge is 0.339 e. The van der Waals surface area contributed by atoms with E-state index in [0.717, 1.165) is 11.3 Å². The number of methoxy groups -OCH3 is 1. The third-order valence-corrected chi connectivity index (χ3v) is 3.44. The summed E-state index contributed by atoms with van der Waals surface area (Å²) in [5.74, 6) is -0.638. The van der Waals surface area contributed by atoms with Gasteiger partial charge in [0.25, 0.3) is 0 Å². The van der Waals surface area contributed by atoms with Crippen LogP contribution >= 0.6 is 15.9 Å². The molecule has 0 bridgehead atoms. The monoisotopic (exact) mass is 337 g/mol. The molecule has 0 atom stereocenters. The van der Waals surface area contributed by atoms with Crippen molar-refractivity contribution in [3.63, 3.8) is 0 Å². The SMILES string of the molecule is COC(=O)c1ccc(NCc2ccc(F)cc2)cc1Br. The number of hydrogen-bond donors (Lipinski definition) is 1. The fourth-order valence-corrected chi connectivity index (χ4v) is 2.25. The van der Waals surface area contributed by atoms with Crippen LogP contribution < -0.4 is 5.32 Å². The summed E-state index contributed by atoms with van der Waals surface area (Å²) in [4.78, 5) is 11.4. The molecule has 0 aliphatic heterocycles. The zero-order valence-corrected chi connectivity index (χ0v) is 12.4. The number of carbonyl (C=O) groups is 1. The van der Waals surface area contributed by atoms with Crippen molar-refractivity contribution in [1.29, 1.82) is 0 Å².